The Hall–Kier alpha value is -0.620. The highest BCUT2D eigenvalue weighted by Gasteiger charge is 2.19. The summed E-state index contributed by atoms with van der Waals surface area (Å²) in [6, 6.07) is 5.40. The number of rotatable bonds is 4. The molecule has 0 spiro atoms. The van der Waals surface area contributed by atoms with Gasteiger partial charge in [0, 0.05) is 9.26 Å². The summed E-state index contributed by atoms with van der Waals surface area (Å²) >= 11 is 2.25. The number of amides is 1. The second-order valence-electron chi connectivity index (χ2n) is 4.36. The summed E-state index contributed by atoms with van der Waals surface area (Å²) in [7, 11) is 0. The van der Waals surface area contributed by atoms with Crippen LogP contribution in [-0.4, -0.2) is 11.9 Å². The molecule has 0 heterocycles. The molecule has 1 unspecified atom stereocenters. The first-order valence-electron chi connectivity index (χ1n) is 5.78. The van der Waals surface area contributed by atoms with Gasteiger partial charge in [0.1, 0.15) is 0 Å². The number of hydrogen-bond donors (Lipinski definition) is 2. The average Bonchev–Trinajstić information content (AvgIpc) is 2.31. The van der Waals surface area contributed by atoms with E-state index in [0.29, 0.717) is 0 Å². The summed E-state index contributed by atoms with van der Waals surface area (Å²) in [6.45, 7) is 6.06. The van der Waals surface area contributed by atoms with Gasteiger partial charge in [-0.15, -0.1) is 0 Å². The molecule has 0 radical (unpaired) electrons. The maximum atomic E-state index is 11.9. The first kappa shape index (κ1) is 14.4. The van der Waals surface area contributed by atoms with Crippen LogP contribution in [-0.2, 0) is 4.79 Å². The van der Waals surface area contributed by atoms with Crippen molar-refractivity contribution in [3.8, 4) is 0 Å². The van der Waals surface area contributed by atoms with Gasteiger partial charge in [-0.1, -0.05) is 26.3 Å². The van der Waals surface area contributed by atoms with Gasteiger partial charge < -0.3 is 11.1 Å². The van der Waals surface area contributed by atoms with E-state index in [1.165, 1.54) is 5.56 Å². The molecule has 17 heavy (non-hydrogen) atoms. The van der Waals surface area contributed by atoms with E-state index in [2.05, 4.69) is 27.9 Å². The Morgan fingerprint density at radius 1 is 1.53 bits per heavy atom. The second kappa shape index (κ2) is 6.35. The fourth-order valence-electron chi connectivity index (χ4n) is 1.41. The molecular weight excluding hydrogens is 327 g/mol. The van der Waals surface area contributed by atoms with Gasteiger partial charge >= 0.3 is 0 Å². The van der Waals surface area contributed by atoms with Gasteiger partial charge in [-0.25, -0.2) is 0 Å². The van der Waals surface area contributed by atoms with Gasteiger partial charge in [0.2, 0.25) is 5.91 Å². The van der Waals surface area contributed by atoms with Crippen LogP contribution in [0.3, 0.4) is 0 Å². The zero-order valence-corrected chi connectivity index (χ0v) is 12.6. The Bertz CT molecular complexity index is 406. The van der Waals surface area contributed by atoms with Gasteiger partial charge in [-0.2, -0.15) is 0 Å². The zero-order chi connectivity index (χ0) is 13.0. The molecule has 0 aliphatic carbocycles. The van der Waals surface area contributed by atoms with Crippen LogP contribution in [0.2, 0.25) is 0 Å². The summed E-state index contributed by atoms with van der Waals surface area (Å²) in [4.78, 5) is 11.9. The van der Waals surface area contributed by atoms with Crippen molar-refractivity contribution in [1.29, 1.82) is 0 Å². The number of nitrogens with two attached hydrogens (primary N) is 1. The van der Waals surface area contributed by atoms with E-state index in [0.717, 1.165) is 15.7 Å². The van der Waals surface area contributed by atoms with Crippen molar-refractivity contribution in [2.45, 2.75) is 33.2 Å². The second-order valence-corrected chi connectivity index (χ2v) is 5.53. The molecule has 1 aromatic rings. The fourth-order valence-corrected chi connectivity index (χ4v) is 1.92. The lowest BCUT2D eigenvalue weighted by molar-refractivity contribution is -0.118. The summed E-state index contributed by atoms with van der Waals surface area (Å²) in [5.74, 6) is 0.0820. The van der Waals surface area contributed by atoms with Gasteiger partial charge in [-0.05, 0) is 53.1 Å². The van der Waals surface area contributed by atoms with Crippen LogP contribution in [0.1, 0.15) is 25.8 Å². The van der Waals surface area contributed by atoms with Crippen molar-refractivity contribution in [1.82, 2.24) is 0 Å². The molecule has 0 aromatic heterocycles. The van der Waals surface area contributed by atoms with Crippen LogP contribution in [0, 0.1) is 16.4 Å². The predicted molar refractivity (Wildman–Crippen MR) is 80.0 cm³/mol. The molecule has 0 saturated carbocycles. The molecule has 3 N–H and O–H groups in total. The molecule has 1 aromatic carbocycles. The first-order valence-corrected chi connectivity index (χ1v) is 6.86. The Balaban J connectivity index is 2.71. The van der Waals surface area contributed by atoms with Crippen LogP contribution in [0.4, 0.5) is 5.69 Å². The fraction of sp³-hybridized carbons (Fsp3) is 0.462. The quantitative estimate of drug-likeness (QED) is 0.824. The van der Waals surface area contributed by atoms with Crippen LogP contribution >= 0.6 is 22.6 Å². The van der Waals surface area contributed by atoms with E-state index < -0.39 is 6.04 Å². The predicted octanol–water partition coefficient (Wildman–Crippen LogP) is 2.91. The van der Waals surface area contributed by atoms with Gasteiger partial charge in [0.15, 0.2) is 0 Å². The minimum atomic E-state index is -0.445. The zero-order valence-electron chi connectivity index (χ0n) is 10.5. The van der Waals surface area contributed by atoms with Crippen molar-refractivity contribution in [2.75, 3.05) is 5.32 Å². The number of hydrogen-bond acceptors (Lipinski definition) is 2. The highest BCUT2D eigenvalue weighted by atomic mass is 127. The molecule has 0 bridgehead atoms. The smallest absolute Gasteiger partial charge is 0.241 e. The van der Waals surface area contributed by atoms with Gasteiger partial charge in [0.25, 0.3) is 0 Å². The molecule has 2 atom stereocenters. The summed E-state index contributed by atoms with van der Waals surface area (Å²) in [6.07, 6.45) is 0.903. The third-order valence-corrected chi connectivity index (χ3v) is 4.16. The topological polar surface area (TPSA) is 55.1 Å². The molecule has 0 aliphatic rings. The van der Waals surface area contributed by atoms with Crippen molar-refractivity contribution >= 4 is 34.2 Å². The number of carbonyl (C=O) groups excluding carboxylic acids is 1. The number of carbonyl (C=O) groups is 1. The lowest BCUT2D eigenvalue weighted by Crippen LogP contribution is -2.40. The van der Waals surface area contributed by atoms with E-state index in [-0.39, 0.29) is 11.8 Å². The van der Waals surface area contributed by atoms with Gasteiger partial charge in [-0.3, -0.25) is 4.79 Å². The van der Waals surface area contributed by atoms with E-state index in [4.69, 9.17) is 5.73 Å². The third-order valence-electron chi connectivity index (χ3n) is 3.00. The highest BCUT2D eigenvalue weighted by Crippen LogP contribution is 2.17. The number of halogens is 1. The monoisotopic (exact) mass is 346 g/mol. The molecule has 0 aliphatic heterocycles. The van der Waals surface area contributed by atoms with Crippen molar-refractivity contribution in [2.24, 2.45) is 11.7 Å². The number of aryl methyl sites for hydroxylation is 1. The van der Waals surface area contributed by atoms with Crippen LogP contribution < -0.4 is 11.1 Å². The number of anilines is 1. The van der Waals surface area contributed by atoms with Crippen molar-refractivity contribution < 1.29 is 4.79 Å². The molecule has 94 valence electrons. The Labute approximate surface area is 116 Å². The van der Waals surface area contributed by atoms with Gasteiger partial charge in [0.05, 0.1) is 6.04 Å². The average molecular weight is 346 g/mol. The molecule has 1 amide bonds. The maximum Gasteiger partial charge on any atom is 0.241 e. The molecule has 3 nitrogen and oxygen atoms in total. The van der Waals surface area contributed by atoms with E-state index in [1.54, 1.807) is 0 Å². The molecule has 1 rings (SSSR count). The minimum absolute atomic E-state index is 0.112. The van der Waals surface area contributed by atoms with E-state index in [9.17, 15) is 4.79 Å². The maximum absolute atomic E-state index is 11.9. The molecular formula is C13H19IN2O. The molecule has 0 saturated heterocycles. The summed E-state index contributed by atoms with van der Waals surface area (Å²) < 4.78 is 1.14. The first-order chi connectivity index (χ1) is 7.95. The van der Waals surface area contributed by atoms with Crippen molar-refractivity contribution in [3.05, 3.63) is 27.3 Å². The lowest BCUT2D eigenvalue weighted by Gasteiger charge is -2.17. The number of benzene rings is 1. The summed E-state index contributed by atoms with van der Waals surface area (Å²) in [5, 5.41) is 2.86. The lowest BCUT2D eigenvalue weighted by atomic mass is 9.99. The molecule has 4 heteroatoms. The standard InChI is InChI=1S/C13H19IN2O/c1-4-8(2)12(15)13(17)16-10-6-5-9(3)11(14)7-10/h5-8,12H,4,15H2,1-3H3,(H,16,17)/t8?,12-/m0/s1. The SMILES string of the molecule is CCC(C)[C@H](N)C(=O)Nc1ccc(C)c(I)c1. The Morgan fingerprint density at radius 3 is 2.71 bits per heavy atom. The Kier molecular flexibility index (Phi) is 5.39. The van der Waals surface area contributed by atoms with Crippen LogP contribution in [0.25, 0.3) is 0 Å². The van der Waals surface area contributed by atoms with E-state index >= 15 is 0 Å². The molecule has 0 fully saturated rings. The number of nitrogens with one attached hydrogen (secondary N) is 1. The minimum Gasteiger partial charge on any atom is -0.325 e. The Morgan fingerprint density at radius 2 is 2.18 bits per heavy atom. The van der Waals surface area contributed by atoms with E-state index in [1.807, 2.05) is 39.0 Å². The summed E-state index contributed by atoms with van der Waals surface area (Å²) in [5.41, 5.74) is 7.89. The van der Waals surface area contributed by atoms with Crippen LogP contribution in [0.5, 0.6) is 0 Å². The largest absolute Gasteiger partial charge is 0.325 e. The normalized spacial score (nSPS) is 14.2. The highest BCUT2D eigenvalue weighted by molar-refractivity contribution is 14.1. The van der Waals surface area contributed by atoms with Crippen molar-refractivity contribution in [3.63, 3.8) is 0 Å². The third kappa shape index (κ3) is 3.96. The van der Waals surface area contributed by atoms with Crippen LogP contribution in [0.15, 0.2) is 18.2 Å².